The van der Waals surface area contributed by atoms with Crippen molar-refractivity contribution in [2.45, 2.75) is 19.4 Å². The van der Waals surface area contributed by atoms with Gasteiger partial charge in [0.2, 0.25) is 0 Å². The van der Waals surface area contributed by atoms with E-state index in [1.54, 1.807) is 24.3 Å². The Hall–Kier alpha value is -2.04. The lowest BCUT2D eigenvalue weighted by Gasteiger charge is -2.43. The van der Waals surface area contributed by atoms with Gasteiger partial charge in [0.15, 0.2) is 0 Å². The van der Waals surface area contributed by atoms with E-state index in [1.165, 1.54) is 0 Å². The molecular weight excluding hydrogens is 324 g/mol. The molecule has 1 amide bonds. The van der Waals surface area contributed by atoms with Gasteiger partial charge in [-0.2, -0.15) is 0 Å². The number of carbonyl (C=O) groups is 1. The molecule has 5 heteroatoms. The zero-order valence-electron chi connectivity index (χ0n) is 13.9. The van der Waals surface area contributed by atoms with Crippen LogP contribution < -0.4 is 10.2 Å². The average molecular weight is 345 g/mol. The summed E-state index contributed by atoms with van der Waals surface area (Å²) < 4.78 is 5.56. The minimum atomic E-state index is -0.208. The minimum absolute atomic E-state index is 0.0411. The zero-order chi connectivity index (χ0) is 17.2. The Kier molecular flexibility index (Phi) is 4.78. The fourth-order valence-electron chi connectivity index (χ4n) is 2.91. The number of carbonyl (C=O) groups excluding carboxylic acids is 1. The van der Waals surface area contributed by atoms with E-state index in [0.29, 0.717) is 17.2 Å². The monoisotopic (exact) mass is 344 g/mol. The van der Waals surface area contributed by atoms with E-state index in [0.717, 1.165) is 24.5 Å². The number of morpholine rings is 1. The first-order valence-corrected chi connectivity index (χ1v) is 8.36. The lowest BCUT2D eigenvalue weighted by atomic mass is 10.0. The molecular formula is C19H21ClN2O2. The molecule has 0 saturated carbocycles. The highest BCUT2D eigenvalue weighted by atomic mass is 35.5. The summed E-state index contributed by atoms with van der Waals surface area (Å²) in [6.07, 6.45) is 0. The minimum Gasteiger partial charge on any atom is -0.377 e. The molecule has 3 rings (SSSR count). The normalized spacial score (nSPS) is 16.7. The van der Waals surface area contributed by atoms with Crippen LogP contribution in [-0.2, 0) is 4.74 Å². The van der Waals surface area contributed by atoms with Crippen LogP contribution in [0.4, 0.5) is 11.4 Å². The third-order valence-electron chi connectivity index (χ3n) is 4.20. The second-order valence-electron chi connectivity index (χ2n) is 6.50. The number of rotatable bonds is 3. The fraction of sp³-hybridized carbons (Fsp3) is 0.316. The van der Waals surface area contributed by atoms with E-state index in [2.05, 4.69) is 24.1 Å². The van der Waals surface area contributed by atoms with Gasteiger partial charge in [0.1, 0.15) is 0 Å². The molecule has 1 heterocycles. The first-order valence-electron chi connectivity index (χ1n) is 7.99. The van der Waals surface area contributed by atoms with Gasteiger partial charge in [0, 0.05) is 17.9 Å². The van der Waals surface area contributed by atoms with Gasteiger partial charge in [-0.15, -0.1) is 0 Å². The van der Waals surface area contributed by atoms with Crippen molar-refractivity contribution in [2.75, 3.05) is 30.0 Å². The molecule has 2 aromatic carbocycles. The predicted molar refractivity (Wildman–Crippen MR) is 98.1 cm³/mol. The molecule has 0 unspecified atom stereocenters. The van der Waals surface area contributed by atoms with Gasteiger partial charge in [0.05, 0.1) is 29.3 Å². The number of benzene rings is 2. The Morgan fingerprint density at radius 1 is 1.17 bits per heavy atom. The molecule has 0 spiro atoms. The Morgan fingerprint density at radius 2 is 1.88 bits per heavy atom. The van der Waals surface area contributed by atoms with Gasteiger partial charge in [0.25, 0.3) is 5.91 Å². The molecule has 1 saturated heterocycles. The highest BCUT2D eigenvalue weighted by Gasteiger charge is 2.30. The van der Waals surface area contributed by atoms with Gasteiger partial charge in [-0.3, -0.25) is 4.79 Å². The third-order valence-corrected chi connectivity index (χ3v) is 4.53. The van der Waals surface area contributed by atoms with Crippen LogP contribution in [0, 0.1) is 0 Å². The van der Waals surface area contributed by atoms with Crippen molar-refractivity contribution in [3.8, 4) is 0 Å². The van der Waals surface area contributed by atoms with E-state index in [4.69, 9.17) is 16.3 Å². The summed E-state index contributed by atoms with van der Waals surface area (Å²) in [5.41, 5.74) is 2.30. The molecule has 0 atom stereocenters. The smallest absolute Gasteiger partial charge is 0.257 e. The highest BCUT2D eigenvalue weighted by molar-refractivity contribution is 6.34. The summed E-state index contributed by atoms with van der Waals surface area (Å²) in [7, 11) is 0. The van der Waals surface area contributed by atoms with E-state index >= 15 is 0 Å². The maximum atomic E-state index is 12.3. The van der Waals surface area contributed by atoms with Gasteiger partial charge in [-0.25, -0.2) is 0 Å². The standard InChI is InChI=1S/C19H21ClN2O2/c1-19(2)13-24-12-11-22(19)15-9-7-14(8-10-15)21-18(23)16-5-3-4-6-17(16)20/h3-10H,11-13H2,1-2H3,(H,21,23). The maximum absolute atomic E-state index is 12.3. The zero-order valence-corrected chi connectivity index (χ0v) is 14.6. The molecule has 24 heavy (non-hydrogen) atoms. The Balaban J connectivity index is 1.73. The van der Waals surface area contributed by atoms with Crippen molar-refractivity contribution in [3.63, 3.8) is 0 Å². The van der Waals surface area contributed by atoms with Crippen LogP contribution in [0.1, 0.15) is 24.2 Å². The van der Waals surface area contributed by atoms with Crippen LogP contribution in [0.25, 0.3) is 0 Å². The summed E-state index contributed by atoms with van der Waals surface area (Å²) in [6.45, 7) is 6.63. The average Bonchev–Trinajstić information content (AvgIpc) is 2.56. The van der Waals surface area contributed by atoms with Gasteiger partial charge < -0.3 is 15.0 Å². The van der Waals surface area contributed by atoms with Crippen LogP contribution in [0.15, 0.2) is 48.5 Å². The first-order chi connectivity index (χ1) is 11.5. The van der Waals surface area contributed by atoms with Crippen LogP contribution in [0.5, 0.6) is 0 Å². The Morgan fingerprint density at radius 3 is 2.54 bits per heavy atom. The van der Waals surface area contributed by atoms with Crippen molar-refractivity contribution in [1.82, 2.24) is 0 Å². The van der Waals surface area contributed by atoms with E-state index in [1.807, 2.05) is 24.3 Å². The van der Waals surface area contributed by atoms with Crippen LogP contribution in [0.2, 0.25) is 5.02 Å². The SMILES string of the molecule is CC1(C)COCCN1c1ccc(NC(=O)c2ccccc2Cl)cc1. The lowest BCUT2D eigenvalue weighted by Crippen LogP contribution is -2.53. The predicted octanol–water partition coefficient (Wildman–Crippen LogP) is 4.21. The summed E-state index contributed by atoms with van der Waals surface area (Å²) >= 11 is 6.06. The molecule has 4 nitrogen and oxygen atoms in total. The second-order valence-corrected chi connectivity index (χ2v) is 6.90. The fourth-order valence-corrected chi connectivity index (χ4v) is 3.13. The van der Waals surface area contributed by atoms with Crippen molar-refractivity contribution >= 4 is 28.9 Å². The Bertz CT molecular complexity index is 728. The molecule has 1 fully saturated rings. The van der Waals surface area contributed by atoms with E-state index in [-0.39, 0.29) is 11.4 Å². The van der Waals surface area contributed by atoms with Gasteiger partial charge >= 0.3 is 0 Å². The number of ether oxygens (including phenoxy) is 1. The van der Waals surface area contributed by atoms with Gasteiger partial charge in [-0.05, 0) is 50.2 Å². The van der Waals surface area contributed by atoms with Crippen molar-refractivity contribution in [2.24, 2.45) is 0 Å². The second kappa shape index (κ2) is 6.83. The topological polar surface area (TPSA) is 41.6 Å². The summed E-state index contributed by atoms with van der Waals surface area (Å²) in [6, 6.07) is 14.9. The third kappa shape index (κ3) is 3.55. The summed E-state index contributed by atoms with van der Waals surface area (Å²) in [5, 5.41) is 3.33. The molecule has 0 radical (unpaired) electrons. The van der Waals surface area contributed by atoms with Crippen LogP contribution in [-0.4, -0.2) is 31.2 Å². The Labute approximate surface area is 147 Å². The molecule has 0 aliphatic carbocycles. The van der Waals surface area contributed by atoms with E-state index in [9.17, 15) is 4.79 Å². The number of nitrogens with one attached hydrogen (secondary N) is 1. The van der Waals surface area contributed by atoms with Crippen LogP contribution >= 0.6 is 11.6 Å². The number of hydrogen-bond donors (Lipinski definition) is 1. The number of amides is 1. The van der Waals surface area contributed by atoms with Crippen molar-refractivity contribution in [3.05, 3.63) is 59.1 Å². The molecule has 126 valence electrons. The maximum Gasteiger partial charge on any atom is 0.257 e. The number of nitrogens with zero attached hydrogens (tertiary/aromatic N) is 1. The van der Waals surface area contributed by atoms with Crippen molar-refractivity contribution in [1.29, 1.82) is 0 Å². The van der Waals surface area contributed by atoms with E-state index < -0.39 is 0 Å². The summed E-state index contributed by atoms with van der Waals surface area (Å²) in [5.74, 6) is -0.208. The number of halogens is 1. The molecule has 1 aliphatic rings. The first kappa shape index (κ1) is 16.8. The van der Waals surface area contributed by atoms with Crippen LogP contribution in [0.3, 0.4) is 0 Å². The van der Waals surface area contributed by atoms with Crippen molar-refractivity contribution < 1.29 is 9.53 Å². The molecule has 0 aromatic heterocycles. The molecule has 2 aromatic rings. The quantitative estimate of drug-likeness (QED) is 0.907. The number of anilines is 2. The number of hydrogen-bond acceptors (Lipinski definition) is 3. The highest BCUT2D eigenvalue weighted by Crippen LogP contribution is 2.28. The molecule has 1 N–H and O–H groups in total. The molecule has 1 aliphatic heterocycles. The van der Waals surface area contributed by atoms with Gasteiger partial charge in [-0.1, -0.05) is 23.7 Å². The largest absolute Gasteiger partial charge is 0.377 e. The summed E-state index contributed by atoms with van der Waals surface area (Å²) in [4.78, 5) is 14.6. The molecule has 0 bridgehead atoms. The lowest BCUT2D eigenvalue weighted by molar-refractivity contribution is 0.0644.